The molecule has 2 atom stereocenters. The molecule has 0 saturated carbocycles. The molecular formula is C16H23BrN2O. The van der Waals surface area contributed by atoms with Gasteiger partial charge in [-0.25, -0.2) is 0 Å². The molecule has 2 N–H and O–H groups in total. The molecule has 0 radical (unpaired) electrons. The standard InChI is InChI=1S/C16H23BrN2O/c1-11-2-4-19(15(6-11)9-18)10-13-8-14(17)7-12-3-5-20-16(12)13/h7-8,11,15H,2-6,9-10,18H2,1H3. The number of hydrogen-bond acceptors (Lipinski definition) is 3. The number of nitrogens with zero attached hydrogens (tertiary/aromatic N) is 1. The van der Waals surface area contributed by atoms with Crippen molar-refractivity contribution < 1.29 is 4.74 Å². The number of nitrogens with two attached hydrogens (primary N) is 1. The molecule has 2 aliphatic rings. The van der Waals surface area contributed by atoms with E-state index in [4.69, 9.17) is 10.5 Å². The number of likely N-dealkylation sites (tertiary alicyclic amines) is 1. The van der Waals surface area contributed by atoms with Crippen molar-refractivity contribution in [3.63, 3.8) is 0 Å². The summed E-state index contributed by atoms with van der Waals surface area (Å²) in [4.78, 5) is 2.53. The summed E-state index contributed by atoms with van der Waals surface area (Å²) in [7, 11) is 0. The molecule has 0 aromatic heterocycles. The Morgan fingerprint density at radius 1 is 1.45 bits per heavy atom. The Morgan fingerprint density at radius 3 is 3.10 bits per heavy atom. The van der Waals surface area contributed by atoms with Gasteiger partial charge in [-0.2, -0.15) is 0 Å². The predicted molar refractivity (Wildman–Crippen MR) is 85.0 cm³/mol. The van der Waals surface area contributed by atoms with Crippen LogP contribution in [-0.4, -0.2) is 30.6 Å². The Bertz CT molecular complexity index is 492. The Kier molecular flexibility index (Phi) is 4.34. The Morgan fingerprint density at radius 2 is 2.30 bits per heavy atom. The minimum absolute atomic E-state index is 0.509. The van der Waals surface area contributed by atoms with Crippen LogP contribution in [0.1, 0.15) is 30.9 Å². The fourth-order valence-electron chi connectivity index (χ4n) is 3.44. The van der Waals surface area contributed by atoms with Gasteiger partial charge in [0.05, 0.1) is 6.61 Å². The van der Waals surface area contributed by atoms with Crippen molar-refractivity contribution in [2.75, 3.05) is 19.7 Å². The van der Waals surface area contributed by atoms with E-state index in [1.807, 2.05) is 0 Å². The molecule has 20 heavy (non-hydrogen) atoms. The topological polar surface area (TPSA) is 38.5 Å². The van der Waals surface area contributed by atoms with Crippen molar-refractivity contribution in [1.82, 2.24) is 4.90 Å². The number of ether oxygens (including phenoxy) is 1. The van der Waals surface area contributed by atoms with Gasteiger partial charge in [-0.3, -0.25) is 4.90 Å². The van der Waals surface area contributed by atoms with Crippen molar-refractivity contribution in [2.24, 2.45) is 11.7 Å². The summed E-state index contributed by atoms with van der Waals surface area (Å²) >= 11 is 3.62. The van der Waals surface area contributed by atoms with Crippen LogP contribution in [-0.2, 0) is 13.0 Å². The zero-order chi connectivity index (χ0) is 14.1. The monoisotopic (exact) mass is 338 g/mol. The number of benzene rings is 1. The van der Waals surface area contributed by atoms with E-state index < -0.39 is 0 Å². The maximum Gasteiger partial charge on any atom is 0.127 e. The minimum Gasteiger partial charge on any atom is -0.493 e. The van der Waals surface area contributed by atoms with Crippen LogP contribution in [0.4, 0.5) is 0 Å². The second kappa shape index (κ2) is 6.04. The van der Waals surface area contributed by atoms with Crippen molar-refractivity contribution >= 4 is 15.9 Å². The number of rotatable bonds is 3. The third kappa shape index (κ3) is 2.87. The normalized spacial score (nSPS) is 26.4. The van der Waals surface area contributed by atoms with Crippen molar-refractivity contribution in [2.45, 2.75) is 38.8 Å². The highest BCUT2D eigenvalue weighted by Gasteiger charge is 2.27. The highest BCUT2D eigenvalue weighted by molar-refractivity contribution is 9.10. The van der Waals surface area contributed by atoms with E-state index in [2.05, 4.69) is 39.9 Å². The van der Waals surface area contributed by atoms with Crippen LogP contribution < -0.4 is 10.5 Å². The lowest BCUT2D eigenvalue weighted by atomic mass is 9.92. The highest BCUT2D eigenvalue weighted by Crippen LogP contribution is 2.35. The largest absolute Gasteiger partial charge is 0.493 e. The molecule has 1 aromatic rings. The van der Waals surface area contributed by atoms with Crippen LogP contribution >= 0.6 is 15.9 Å². The zero-order valence-corrected chi connectivity index (χ0v) is 13.7. The van der Waals surface area contributed by atoms with Crippen LogP contribution in [0.3, 0.4) is 0 Å². The first-order valence-corrected chi connectivity index (χ1v) is 8.35. The van der Waals surface area contributed by atoms with Crippen LogP contribution in [0.2, 0.25) is 0 Å². The minimum atomic E-state index is 0.509. The summed E-state index contributed by atoms with van der Waals surface area (Å²) in [6.07, 6.45) is 3.51. The Balaban J connectivity index is 1.80. The predicted octanol–water partition coefficient (Wildman–Crippen LogP) is 2.94. The van der Waals surface area contributed by atoms with E-state index in [0.29, 0.717) is 6.04 Å². The molecule has 0 aliphatic carbocycles. The lowest BCUT2D eigenvalue weighted by Gasteiger charge is -2.38. The van der Waals surface area contributed by atoms with Gasteiger partial charge >= 0.3 is 0 Å². The number of halogens is 1. The third-order valence-electron chi connectivity index (χ3n) is 4.57. The van der Waals surface area contributed by atoms with E-state index in [0.717, 1.165) is 48.8 Å². The summed E-state index contributed by atoms with van der Waals surface area (Å²) < 4.78 is 7.00. The molecular weight excluding hydrogens is 316 g/mol. The molecule has 2 heterocycles. The fraction of sp³-hybridized carbons (Fsp3) is 0.625. The smallest absolute Gasteiger partial charge is 0.127 e. The molecule has 0 amide bonds. The summed E-state index contributed by atoms with van der Waals surface area (Å²) in [5, 5.41) is 0. The molecule has 4 heteroatoms. The molecule has 110 valence electrons. The second-order valence-corrected chi connectivity index (χ2v) is 7.06. The van der Waals surface area contributed by atoms with Gasteiger partial charge in [0, 0.05) is 35.6 Å². The summed E-state index contributed by atoms with van der Waals surface area (Å²) in [5.74, 6) is 1.91. The van der Waals surface area contributed by atoms with E-state index in [1.165, 1.54) is 24.0 Å². The van der Waals surface area contributed by atoms with Gasteiger partial charge in [-0.1, -0.05) is 22.9 Å². The second-order valence-electron chi connectivity index (χ2n) is 6.14. The Labute approximate surface area is 129 Å². The summed E-state index contributed by atoms with van der Waals surface area (Å²) in [5.41, 5.74) is 8.61. The van der Waals surface area contributed by atoms with Crippen molar-refractivity contribution in [1.29, 1.82) is 0 Å². The number of fused-ring (bicyclic) bond motifs is 1. The van der Waals surface area contributed by atoms with Gasteiger partial charge in [0.2, 0.25) is 0 Å². The van der Waals surface area contributed by atoms with Crippen LogP contribution in [0, 0.1) is 5.92 Å². The maximum atomic E-state index is 5.97. The zero-order valence-electron chi connectivity index (χ0n) is 12.1. The molecule has 3 nitrogen and oxygen atoms in total. The first-order valence-electron chi connectivity index (χ1n) is 7.55. The Hall–Kier alpha value is -0.580. The van der Waals surface area contributed by atoms with E-state index >= 15 is 0 Å². The van der Waals surface area contributed by atoms with E-state index in [9.17, 15) is 0 Å². The average molecular weight is 339 g/mol. The average Bonchev–Trinajstić information content (AvgIpc) is 2.88. The quantitative estimate of drug-likeness (QED) is 0.920. The van der Waals surface area contributed by atoms with Crippen molar-refractivity contribution in [3.8, 4) is 5.75 Å². The molecule has 1 saturated heterocycles. The lowest BCUT2D eigenvalue weighted by Crippen LogP contribution is -2.45. The van der Waals surface area contributed by atoms with Gasteiger partial charge in [0.1, 0.15) is 5.75 Å². The van der Waals surface area contributed by atoms with Crippen molar-refractivity contribution in [3.05, 3.63) is 27.7 Å². The van der Waals surface area contributed by atoms with Gasteiger partial charge in [-0.15, -0.1) is 0 Å². The molecule has 1 fully saturated rings. The molecule has 1 aromatic carbocycles. The maximum absolute atomic E-state index is 5.97. The van der Waals surface area contributed by atoms with E-state index in [1.54, 1.807) is 0 Å². The molecule has 0 spiro atoms. The van der Waals surface area contributed by atoms with Crippen LogP contribution in [0.5, 0.6) is 5.75 Å². The SMILES string of the molecule is CC1CCN(Cc2cc(Br)cc3c2OCC3)C(CN)C1. The first kappa shape index (κ1) is 14.4. The summed E-state index contributed by atoms with van der Waals surface area (Å²) in [6, 6.07) is 4.90. The molecule has 0 bridgehead atoms. The first-order chi connectivity index (χ1) is 9.67. The highest BCUT2D eigenvalue weighted by atomic mass is 79.9. The van der Waals surface area contributed by atoms with Crippen LogP contribution in [0.15, 0.2) is 16.6 Å². The fourth-order valence-corrected chi connectivity index (χ4v) is 3.99. The summed E-state index contributed by atoms with van der Waals surface area (Å²) in [6.45, 7) is 6.00. The van der Waals surface area contributed by atoms with Gasteiger partial charge in [0.15, 0.2) is 0 Å². The van der Waals surface area contributed by atoms with Crippen LogP contribution in [0.25, 0.3) is 0 Å². The molecule has 3 rings (SSSR count). The van der Waals surface area contributed by atoms with Gasteiger partial charge < -0.3 is 10.5 Å². The van der Waals surface area contributed by atoms with Gasteiger partial charge in [0.25, 0.3) is 0 Å². The lowest BCUT2D eigenvalue weighted by molar-refractivity contribution is 0.114. The molecule has 2 unspecified atom stereocenters. The molecule has 2 aliphatic heterocycles. The number of piperidine rings is 1. The van der Waals surface area contributed by atoms with E-state index in [-0.39, 0.29) is 0 Å². The van der Waals surface area contributed by atoms with Gasteiger partial charge in [-0.05, 0) is 43.0 Å². The third-order valence-corrected chi connectivity index (χ3v) is 5.03. The number of hydrogen-bond donors (Lipinski definition) is 1.